The molecular formula is C18H20N4O2. The number of nitrogens with two attached hydrogens (primary N) is 1. The number of likely N-dealkylation sites (N-methyl/N-ethyl adjacent to an activating group) is 1. The van der Waals surface area contributed by atoms with Crippen molar-refractivity contribution in [3.63, 3.8) is 0 Å². The number of carbonyl (C=O) groups is 1. The summed E-state index contributed by atoms with van der Waals surface area (Å²) in [5, 5.41) is 9.05. The van der Waals surface area contributed by atoms with Crippen LogP contribution in [0.1, 0.15) is 5.56 Å². The fourth-order valence-electron chi connectivity index (χ4n) is 2.70. The lowest BCUT2D eigenvalue weighted by Crippen LogP contribution is -2.20. The summed E-state index contributed by atoms with van der Waals surface area (Å²) in [4.78, 5) is 17.4. The van der Waals surface area contributed by atoms with Gasteiger partial charge in [-0.25, -0.2) is 4.98 Å². The van der Waals surface area contributed by atoms with Gasteiger partial charge in [-0.05, 0) is 35.9 Å². The average Bonchev–Trinajstić information content (AvgIpc) is 2.98. The number of primary amides is 1. The minimum Gasteiger partial charge on any atom is -0.395 e. The quantitative estimate of drug-likeness (QED) is 0.719. The molecule has 0 spiro atoms. The topological polar surface area (TPSA) is 84.4 Å². The molecule has 1 aromatic heterocycles. The maximum atomic E-state index is 11.0. The number of fused-ring (bicyclic) bond motifs is 1. The van der Waals surface area contributed by atoms with Gasteiger partial charge in [0.05, 0.1) is 24.1 Å². The molecule has 0 saturated heterocycles. The van der Waals surface area contributed by atoms with Crippen LogP contribution in [-0.2, 0) is 11.2 Å². The first kappa shape index (κ1) is 16.0. The summed E-state index contributed by atoms with van der Waals surface area (Å²) >= 11 is 0. The van der Waals surface area contributed by atoms with E-state index < -0.39 is 0 Å². The Hall–Kier alpha value is -2.86. The Morgan fingerprint density at radius 1 is 1.25 bits per heavy atom. The third-order valence-electron chi connectivity index (χ3n) is 4.00. The molecule has 0 aliphatic carbocycles. The van der Waals surface area contributed by atoms with Crippen molar-refractivity contribution in [2.24, 2.45) is 5.73 Å². The van der Waals surface area contributed by atoms with E-state index in [-0.39, 0.29) is 18.9 Å². The molecule has 1 amide bonds. The van der Waals surface area contributed by atoms with Gasteiger partial charge in [-0.3, -0.25) is 9.36 Å². The summed E-state index contributed by atoms with van der Waals surface area (Å²) in [5.74, 6) is -0.338. The van der Waals surface area contributed by atoms with E-state index in [0.29, 0.717) is 6.54 Å². The minimum absolute atomic E-state index is 0.112. The zero-order valence-corrected chi connectivity index (χ0v) is 13.5. The number of hydrogen-bond donors (Lipinski definition) is 2. The third kappa shape index (κ3) is 3.23. The lowest BCUT2D eigenvalue weighted by molar-refractivity contribution is -0.117. The molecule has 0 atom stereocenters. The van der Waals surface area contributed by atoms with Crippen molar-refractivity contribution in [3.8, 4) is 5.69 Å². The molecule has 0 radical (unpaired) electrons. The SMILES string of the molecule is CN(CCO)c1ccc2c(c1)ncn2-c1ccc(CC(N)=O)cc1. The molecule has 124 valence electrons. The van der Waals surface area contributed by atoms with Crippen LogP contribution in [0.5, 0.6) is 0 Å². The number of aromatic nitrogens is 2. The van der Waals surface area contributed by atoms with Crippen molar-refractivity contribution in [2.45, 2.75) is 6.42 Å². The molecule has 0 bridgehead atoms. The Kier molecular flexibility index (Phi) is 4.48. The maximum absolute atomic E-state index is 11.0. The minimum atomic E-state index is -0.338. The molecule has 0 unspecified atom stereocenters. The number of hydrogen-bond acceptors (Lipinski definition) is 4. The first-order valence-corrected chi connectivity index (χ1v) is 7.75. The molecule has 6 heteroatoms. The highest BCUT2D eigenvalue weighted by atomic mass is 16.3. The zero-order chi connectivity index (χ0) is 17.1. The van der Waals surface area contributed by atoms with E-state index in [1.807, 2.05) is 59.0 Å². The van der Waals surface area contributed by atoms with E-state index in [4.69, 9.17) is 10.8 Å². The van der Waals surface area contributed by atoms with Crippen LogP contribution in [0.25, 0.3) is 16.7 Å². The molecule has 3 rings (SSSR count). The number of aliphatic hydroxyl groups excluding tert-OH is 1. The van der Waals surface area contributed by atoms with Crippen molar-refractivity contribution in [2.75, 3.05) is 25.1 Å². The van der Waals surface area contributed by atoms with Crippen LogP contribution < -0.4 is 10.6 Å². The first-order chi connectivity index (χ1) is 11.6. The molecule has 0 saturated carbocycles. The highest BCUT2D eigenvalue weighted by molar-refractivity contribution is 5.81. The Bertz CT molecular complexity index is 855. The second-order valence-electron chi connectivity index (χ2n) is 5.74. The Balaban J connectivity index is 1.91. The highest BCUT2D eigenvalue weighted by Gasteiger charge is 2.08. The van der Waals surface area contributed by atoms with Gasteiger partial charge in [0.2, 0.25) is 5.91 Å². The molecule has 3 N–H and O–H groups in total. The van der Waals surface area contributed by atoms with E-state index in [2.05, 4.69) is 4.98 Å². The predicted molar refractivity (Wildman–Crippen MR) is 94.3 cm³/mol. The fourth-order valence-corrected chi connectivity index (χ4v) is 2.70. The lowest BCUT2D eigenvalue weighted by Gasteiger charge is -2.17. The van der Waals surface area contributed by atoms with Crippen molar-refractivity contribution in [3.05, 3.63) is 54.4 Å². The zero-order valence-electron chi connectivity index (χ0n) is 13.5. The van der Waals surface area contributed by atoms with Gasteiger partial charge in [0, 0.05) is 25.0 Å². The molecular weight excluding hydrogens is 304 g/mol. The normalized spacial score (nSPS) is 10.9. The predicted octanol–water partition coefficient (Wildman–Crippen LogP) is 1.48. The van der Waals surface area contributed by atoms with Crippen LogP contribution in [0.3, 0.4) is 0 Å². The first-order valence-electron chi connectivity index (χ1n) is 7.75. The molecule has 24 heavy (non-hydrogen) atoms. The van der Waals surface area contributed by atoms with Crippen LogP contribution in [0, 0.1) is 0 Å². The van der Waals surface area contributed by atoms with E-state index >= 15 is 0 Å². The smallest absolute Gasteiger partial charge is 0.221 e. The Labute approximate surface area is 140 Å². The molecule has 1 heterocycles. The summed E-state index contributed by atoms with van der Waals surface area (Å²) in [5.41, 5.74) is 9.98. The number of benzene rings is 2. The van der Waals surface area contributed by atoms with Crippen molar-refractivity contribution in [1.82, 2.24) is 9.55 Å². The van der Waals surface area contributed by atoms with Gasteiger partial charge in [0.25, 0.3) is 0 Å². The van der Waals surface area contributed by atoms with E-state index in [1.54, 1.807) is 6.33 Å². The van der Waals surface area contributed by atoms with Gasteiger partial charge >= 0.3 is 0 Å². The van der Waals surface area contributed by atoms with Gasteiger partial charge in [0.1, 0.15) is 6.33 Å². The van der Waals surface area contributed by atoms with Gasteiger partial charge in [0.15, 0.2) is 0 Å². The van der Waals surface area contributed by atoms with Gasteiger partial charge in [-0.2, -0.15) is 0 Å². The third-order valence-corrected chi connectivity index (χ3v) is 4.00. The van der Waals surface area contributed by atoms with Crippen molar-refractivity contribution in [1.29, 1.82) is 0 Å². The van der Waals surface area contributed by atoms with Crippen molar-refractivity contribution >= 4 is 22.6 Å². The number of imidazole rings is 1. The van der Waals surface area contributed by atoms with Crippen molar-refractivity contribution < 1.29 is 9.90 Å². The Morgan fingerprint density at radius 2 is 2.00 bits per heavy atom. The second-order valence-corrected chi connectivity index (χ2v) is 5.74. The molecule has 0 fully saturated rings. The number of rotatable bonds is 6. The molecule has 3 aromatic rings. The standard InChI is InChI=1S/C18H20N4O2/c1-21(8-9-23)15-6-7-17-16(11-15)20-12-22(17)14-4-2-13(3-5-14)10-18(19)24/h2-7,11-12,23H,8-10H2,1H3,(H2,19,24). The van der Waals surface area contributed by atoms with Gasteiger partial charge < -0.3 is 15.7 Å². The second kappa shape index (κ2) is 6.72. The molecule has 2 aromatic carbocycles. The number of anilines is 1. The summed E-state index contributed by atoms with van der Waals surface area (Å²) in [7, 11) is 1.94. The average molecular weight is 324 g/mol. The number of nitrogens with zero attached hydrogens (tertiary/aromatic N) is 3. The monoisotopic (exact) mass is 324 g/mol. The molecule has 0 aliphatic rings. The Morgan fingerprint density at radius 3 is 2.67 bits per heavy atom. The van der Waals surface area contributed by atoms with Crippen LogP contribution in [0.2, 0.25) is 0 Å². The van der Waals surface area contributed by atoms with Crippen LogP contribution in [-0.4, -0.2) is 40.8 Å². The van der Waals surface area contributed by atoms with E-state index in [0.717, 1.165) is 28.0 Å². The van der Waals surface area contributed by atoms with Gasteiger partial charge in [-0.15, -0.1) is 0 Å². The summed E-state index contributed by atoms with van der Waals surface area (Å²) in [6.45, 7) is 0.689. The lowest BCUT2D eigenvalue weighted by atomic mass is 10.1. The number of carbonyl (C=O) groups excluding carboxylic acids is 1. The molecule has 6 nitrogen and oxygen atoms in total. The van der Waals surface area contributed by atoms with E-state index in [1.165, 1.54) is 0 Å². The summed E-state index contributed by atoms with van der Waals surface area (Å²) in [6, 6.07) is 13.7. The van der Waals surface area contributed by atoms with Crippen LogP contribution >= 0.6 is 0 Å². The highest BCUT2D eigenvalue weighted by Crippen LogP contribution is 2.23. The number of amides is 1. The summed E-state index contributed by atoms with van der Waals surface area (Å²) in [6.07, 6.45) is 2.02. The number of aliphatic hydroxyl groups is 1. The van der Waals surface area contributed by atoms with Gasteiger partial charge in [-0.1, -0.05) is 12.1 Å². The largest absolute Gasteiger partial charge is 0.395 e. The fraction of sp³-hybridized carbons (Fsp3) is 0.222. The van der Waals surface area contributed by atoms with E-state index in [9.17, 15) is 4.79 Å². The maximum Gasteiger partial charge on any atom is 0.221 e. The molecule has 0 aliphatic heterocycles. The van der Waals surface area contributed by atoms with Crippen LogP contribution in [0.4, 0.5) is 5.69 Å². The van der Waals surface area contributed by atoms with Crippen LogP contribution in [0.15, 0.2) is 48.8 Å². The summed E-state index contributed by atoms with van der Waals surface area (Å²) < 4.78 is 2.00.